The van der Waals surface area contributed by atoms with E-state index in [1.165, 1.54) is 12.1 Å². The van der Waals surface area contributed by atoms with Gasteiger partial charge in [0.2, 0.25) is 5.91 Å². The Morgan fingerprint density at radius 2 is 1.48 bits per heavy atom. The van der Waals surface area contributed by atoms with E-state index in [1.807, 2.05) is 0 Å². The molecule has 0 bridgehead atoms. The van der Waals surface area contributed by atoms with Crippen LogP contribution in [0.4, 0.5) is 13.2 Å². The number of hydrogen-bond donors (Lipinski definition) is 1. The monoisotopic (exact) mass is 379 g/mol. The van der Waals surface area contributed by atoms with Gasteiger partial charge in [-0.25, -0.2) is 0 Å². The number of carbonyl (C=O) groups is 3. The fourth-order valence-corrected chi connectivity index (χ4v) is 2.84. The zero-order valence-corrected chi connectivity index (χ0v) is 15.3. The van der Waals surface area contributed by atoms with Gasteiger partial charge in [-0.3, -0.25) is 14.4 Å². The quantitative estimate of drug-likeness (QED) is 0.796. The largest absolute Gasteiger partial charge is 0.416 e. The minimum Gasteiger partial charge on any atom is -0.355 e. The van der Waals surface area contributed by atoms with Crippen molar-refractivity contribution in [2.24, 2.45) is 0 Å². The fraction of sp³-hybridized carbons (Fsp3) is 0.350. The second-order valence-corrected chi connectivity index (χ2v) is 6.48. The molecule has 0 aromatic heterocycles. The van der Waals surface area contributed by atoms with Gasteiger partial charge >= 0.3 is 6.18 Å². The highest BCUT2D eigenvalue weighted by Crippen LogP contribution is 2.29. The lowest BCUT2D eigenvalue weighted by Crippen LogP contribution is -2.29. The standard InChI is InChI=1S/C20H20F3NO3/c1-11-12(2)19(27)16(13(3)18(11)26)8-9-24-17(25)10-14-4-6-15(7-5-14)20(21,22)23/h4-7H,8-10H2,1-3H3,(H,24,25). The first kappa shape index (κ1) is 20.6. The van der Waals surface area contributed by atoms with E-state index in [2.05, 4.69) is 5.32 Å². The molecule has 1 amide bonds. The van der Waals surface area contributed by atoms with Gasteiger partial charge in [-0.05, 0) is 44.9 Å². The van der Waals surface area contributed by atoms with Gasteiger partial charge < -0.3 is 5.32 Å². The molecule has 1 aliphatic rings. The maximum atomic E-state index is 12.5. The lowest BCUT2D eigenvalue weighted by atomic mass is 9.84. The molecule has 0 saturated carbocycles. The summed E-state index contributed by atoms with van der Waals surface area (Å²) in [4.78, 5) is 36.4. The Kier molecular flexibility index (Phi) is 6.03. The van der Waals surface area contributed by atoms with Crippen molar-refractivity contribution in [3.63, 3.8) is 0 Å². The number of allylic oxidation sites excluding steroid dienone is 3. The number of amides is 1. The fourth-order valence-electron chi connectivity index (χ4n) is 2.84. The van der Waals surface area contributed by atoms with Crippen LogP contribution in [0.15, 0.2) is 46.6 Å². The highest BCUT2D eigenvalue weighted by molar-refractivity contribution is 6.24. The summed E-state index contributed by atoms with van der Waals surface area (Å²) >= 11 is 0. The lowest BCUT2D eigenvalue weighted by Gasteiger charge is -2.18. The molecule has 0 unspecified atom stereocenters. The molecule has 27 heavy (non-hydrogen) atoms. The first-order chi connectivity index (χ1) is 12.5. The maximum absolute atomic E-state index is 12.5. The van der Waals surface area contributed by atoms with Crippen molar-refractivity contribution in [2.75, 3.05) is 6.54 Å². The van der Waals surface area contributed by atoms with Gasteiger partial charge in [-0.1, -0.05) is 12.1 Å². The van der Waals surface area contributed by atoms with E-state index in [-0.39, 0.29) is 36.9 Å². The maximum Gasteiger partial charge on any atom is 0.416 e. The average molecular weight is 379 g/mol. The van der Waals surface area contributed by atoms with Crippen LogP contribution >= 0.6 is 0 Å². The molecule has 4 nitrogen and oxygen atoms in total. The minimum atomic E-state index is -4.42. The molecule has 1 aliphatic carbocycles. The smallest absolute Gasteiger partial charge is 0.355 e. The average Bonchev–Trinajstić information content (AvgIpc) is 2.61. The molecular weight excluding hydrogens is 359 g/mol. The summed E-state index contributed by atoms with van der Waals surface area (Å²) in [6.07, 6.45) is -4.26. The molecule has 144 valence electrons. The van der Waals surface area contributed by atoms with Gasteiger partial charge in [0, 0.05) is 28.8 Å². The normalized spacial score (nSPS) is 15.5. The van der Waals surface area contributed by atoms with Crippen LogP contribution in [-0.4, -0.2) is 24.0 Å². The number of halogens is 3. The van der Waals surface area contributed by atoms with Crippen molar-refractivity contribution in [3.8, 4) is 0 Å². The molecule has 0 fully saturated rings. The van der Waals surface area contributed by atoms with Crippen LogP contribution in [-0.2, 0) is 27.0 Å². The Hall–Kier alpha value is -2.70. The molecule has 1 aromatic carbocycles. The van der Waals surface area contributed by atoms with E-state index < -0.39 is 11.7 Å². The van der Waals surface area contributed by atoms with Crippen molar-refractivity contribution in [3.05, 3.63) is 57.7 Å². The van der Waals surface area contributed by atoms with Crippen molar-refractivity contribution >= 4 is 17.5 Å². The van der Waals surface area contributed by atoms with Crippen LogP contribution in [0.5, 0.6) is 0 Å². The van der Waals surface area contributed by atoms with Gasteiger partial charge in [0.25, 0.3) is 0 Å². The van der Waals surface area contributed by atoms with Crippen LogP contribution in [0.3, 0.4) is 0 Å². The van der Waals surface area contributed by atoms with Crippen LogP contribution in [0.25, 0.3) is 0 Å². The van der Waals surface area contributed by atoms with E-state index in [4.69, 9.17) is 0 Å². The summed E-state index contributed by atoms with van der Waals surface area (Å²) < 4.78 is 37.6. The molecule has 2 rings (SSSR count). The van der Waals surface area contributed by atoms with E-state index in [9.17, 15) is 27.6 Å². The Balaban J connectivity index is 1.91. The van der Waals surface area contributed by atoms with Gasteiger partial charge in [-0.2, -0.15) is 13.2 Å². The predicted molar refractivity (Wildman–Crippen MR) is 93.9 cm³/mol. The number of carbonyl (C=O) groups excluding carboxylic acids is 3. The highest BCUT2D eigenvalue weighted by Gasteiger charge is 2.30. The summed E-state index contributed by atoms with van der Waals surface area (Å²) in [7, 11) is 0. The van der Waals surface area contributed by atoms with Crippen LogP contribution < -0.4 is 5.32 Å². The van der Waals surface area contributed by atoms with Crippen molar-refractivity contribution in [1.29, 1.82) is 0 Å². The zero-order valence-electron chi connectivity index (χ0n) is 15.3. The van der Waals surface area contributed by atoms with Crippen LogP contribution in [0, 0.1) is 0 Å². The third-order valence-corrected chi connectivity index (χ3v) is 4.65. The second-order valence-electron chi connectivity index (χ2n) is 6.48. The second kappa shape index (κ2) is 7.90. The number of rotatable bonds is 5. The molecule has 0 radical (unpaired) electrons. The highest BCUT2D eigenvalue weighted by atomic mass is 19.4. The molecule has 0 atom stereocenters. The number of hydrogen-bond acceptors (Lipinski definition) is 3. The summed E-state index contributed by atoms with van der Waals surface area (Å²) in [5, 5.41) is 2.63. The van der Waals surface area contributed by atoms with Gasteiger partial charge in [0.05, 0.1) is 12.0 Å². The predicted octanol–water partition coefficient (Wildman–Crippen LogP) is 3.56. The summed E-state index contributed by atoms with van der Waals surface area (Å²) in [5.74, 6) is -0.731. The topological polar surface area (TPSA) is 63.2 Å². The zero-order chi connectivity index (χ0) is 20.4. The summed E-state index contributed by atoms with van der Waals surface area (Å²) in [5.41, 5.74) is 1.31. The number of benzene rings is 1. The number of ketones is 2. The summed E-state index contributed by atoms with van der Waals surface area (Å²) in [6, 6.07) is 4.38. The first-order valence-corrected chi connectivity index (χ1v) is 8.41. The van der Waals surface area contributed by atoms with E-state index >= 15 is 0 Å². The van der Waals surface area contributed by atoms with Crippen LogP contribution in [0.2, 0.25) is 0 Å². The van der Waals surface area contributed by atoms with Crippen molar-refractivity contribution in [2.45, 2.75) is 39.8 Å². The molecule has 7 heteroatoms. The summed E-state index contributed by atoms with van der Waals surface area (Å²) in [6.45, 7) is 4.97. The van der Waals surface area contributed by atoms with Gasteiger partial charge in [0.15, 0.2) is 11.6 Å². The van der Waals surface area contributed by atoms with Gasteiger partial charge in [-0.15, -0.1) is 0 Å². The lowest BCUT2D eigenvalue weighted by molar-refractivity contribution is -0.137. The molecule has 0 spiro atoms. The Morgan fingerprint density at radius 3 is 2.04 bits per heavy atom. The number of nitrogens with one attached hydrogen (secondary N) is 1. The van der Waals surface area contributed by atoms with E-state index in [0.717, 1.165) is 12.1 Å². The minimum absolute atomic E-state index is 0.0684. The Labute approximate surface area is 155 Å². The number of alkyl halides is 3. The number of Topliss-reactive ketones (excluding diaryl/α,β-unsaturated/α-hetero) is 2. The molecule has 1 aromatic rings. The SMILES string of the molecule is CC1=C(C)C(=O)C(CCNC(=O)Cc2ccc(C(F)(F)F)cc2)=C(C)C1=O. The van der Waals surface area contributed by atoms with Crippen molar-refractivity contribution < 1.29 is 27.6 Å². The van der Waals surface area contributed by atoms with Crippen molar-refractivity contribution in [1.82, 2.24) is 5.32 Å². The molecule has 1 N–H and O–H groups in total. The molecular formula is C20H20F3NO3. The Morgan fingerprint density at radius 1 is 0.926 bits per heavy atom. The Bertz CT molecular complexity index is 846. The molecule has 0 aliphatic heterocycles. The van der Waals surface area contributed by atoms with E-state index in [1.54, 1.807) is 20.8 Å². The van der Waals surface area contributed by atoms with E-state index in [0.29, 0.717) is 27.9 Å². The third-order valence-electron chi connectivity index (χ3n) is 4.65. The van der Waals surface area contributed by atoms with Crippen LogP contribution in [0.1, 0.15) is 38.3 Å². The molecule has 0 heterocycles. The molecule has 0 saturated heterocycles. The van der Waals surface area contributed by atoms with Gasteiger partial charge in [0.1, 0.15) is 0 Å². The third kappa shape index (κ3) is 4.72. The first-order valence-electron chi connectivity index (χ1n) is 8.41.